The molecule has 0 aromatic heterocycles. The second-order valence-electron chi connectivity index (χ2n) is 5.55. The summed E-state index contributed by atoms with van der Waals surface area (Å²) in [5, 5.41) is 0. The third kappa shape index (κ3) is 5.51. The van der Waals surface area contributed by atoms with E-state index < -0.39 is 6.04 Å². The molecule has 2 rings (SSSR count). The zero-order valence-electron chi connectivity index (χ0n) is 13.5. The molecule has 4 nitrogen and oxygen atoms in total. The summed E-state index contributed by atoms with van der Waals surface area (Å²) in [5.74, 6) is -0.0465. The first-order valence-corrected chi connectivity index (χ1v) is 7.82. The Bertz CT molecular complexity index is 545. The third-order valence-corrected chi connectivity index (χ3v) is 3.69. The van der Waals surface area contributed by atoms with E-state index in [1.807, 2.05) is 65.6 Å². The van der Waals surface area contributed by atoms with Crippen molar-refractivity contribution in [2.45, 2.75) is 25.6 Å². The molecule has 2 N–H and O–H groups in total. The van der Waals surface area contributed by atoms with Crippen LogP contribution >= 0.6 is 0 Å². The average molecular weight is 312 g/mol. The number of benzene rings is 2. The lowest BCUT2D eigenvalue weighted by atomic mass is 10.1. The predicted octanol–water partition coefficient (Wildman–Crippen LogP) is 2.58. The smallest absolute Gasteiger partial charge is 0.240 e. The average Bonchev–Trinajstić information content (AvgIpc) is 2.60. The Balaban J connectivity index is 2.11. The van der Waals surface area contributed by atoms with Crippen molar-refractivity contribution in [2.24, 2.45) is 5.73 Å². The quantitative estimate of drug-likeness (QED) is 0.815. The van der Waals surface area contributed by atoms with E-state index in [0.29, 0.717) is 26.1 Å². The summed E-state index contributed by atoms with van der Waals surface area (Å²) in [6.45, 7) is 1.59. The Morgan fingerprint density at radius 1 is 1.00 bits per heavy atom. The molecule has 0 bridgehead atoms. The molecule has 0 aliphatic rings. The SMILES string of the molecule is COCCC(N)C(=O)N(Cc1ccccc1)Cc1ccccc1. The lowest BCUT2D eigenvalue weighted by Crippen LogP contribution is -2.43. The van der Waals surface area contributed by atoms with Crippen molar-refractivity contribution in [1.29, 1.82) is 0 Å². The van der Waals surface area contributed by atoms with Crippen molar-refractivity contribution < 1.29 is 9.53 Å². The van der Waals surface area contributed by atoms with E-state index in [0.717, 1.165) is 11.1 Å². The normalized spacial score (nSPS) is 11.9. The van der Waals surface area contributed by atoms with E-state index in [9.17, 15) is 4.79 Å². The van der Waals surface area contributed by atoms with Gasteiger partial charge in [-0.1, -0.05) is 60.7 Å². The fraction of sp³-hybridized carbons (Fsp3) is 0.316. The molecule has 0 saturated carbocycles. The number of amides is 1. The van der Waals surface area contributed by atoms with Gasteiger partial charge in [0.25, 0.3) is 0 Å². The molecular weight excluding hydrogens is 288 g/mol. The van der Waals surface area contributed by atoms with Crippen LogP contribution in [-0.2, 0) is 22.6 Å². The first-order valence-electron chi connectivity index (χ1n) is 7.82. The molecule has 23 heavy (non-hydrogen) atoms. The van der Waals surface area contributed by atoms with Gasteiger partial charge in [-0.15, -0.1) is 0 Å². The standard InChI is InChI=1S/C19H24N2O2/c1-23-13-12-18(20)19(22)21(14-16-8-4-2-5-9-16)15-17-10-6-3-7-11-17/h2-11,18H,12-15,20H2,1H3. The molecule has 0 heterocycles. The number of ether oxygens (including phenoxy) is 1. The largest absolute Gasteiger partial charge is 0.385 e. The van der Waals surface area contributed by atoms with Gasteiger partial charge in [0.2, 0.25) is 5.91 Å². The van der Waals surface area contributed by atoms with E-state index in [1.54, 1.807) is 7.11 Å². The number of hydrogen-bond acceptors (Lipinski definition) is 3. The monoisotopic (exact) mass is 312 g/mol. The highest BCUT2D eigenvalue weighted by atomic mass is 16.5. The van der Waals surface area contributed by atoms with Crippen molar-refractivity contribution in [3.8, 4) is 0 Å². The Labute approximate surface area is 137 Å². The van der Waals surface area contributed by atoms with Crippen LogP contribution in [0.4, 0.5) is 0 Å². The van der Waals surface area contributed by atoms with Gasteiger partial charge in [-0.3, -0.25) is 4.79 Å². The third-order valence-electron chi connectivity index (χ3n) is 3.69. The maximum Gasteiger partial charge on any atom is 0.240 e. The molecule has 1 amide bonds. The molecular formula is C19H24N2O2. The zero-order valence-corrected chi connectivity index (χ0v) is 13.5. The van der Waals surface area contributed by atoms with Gasteiger partial charge in [-0.05, 0) is 17.5 Å². The minimum absolute atomic E-state index is 0.0465. The fourth-order valence-corrected chi connectivity index (χ4v) is 2.42. The maximum absolute atomic E-state index is 12.7. The number of hydrogen-bond donors (Lipinski definition) is 1. The van der Waals surface area contributed by atoms with Crippen LogP contribution < -0.4 is 5.73 Å². The van der Waals surface area contributed by atoms with Crippen LogP contribution in [0, 0.1) is 0 Å². The highest BCUT2D eigenvalue weighted by molar-refractivity contribution is 5.81. The minimum atomic E-state index is -0.539. The first-order chi connectivity index (χ1) is 11.2. The second-order valence-corrected chi connectivity index (χ2v) is 5.55. The lowest BCUT2D eigenvalue weighted by Gasteiger charge is -2.26. The van der Waals surface area contributed by atoms with E-state index in [2.05, 4.69) is 0 Å². The van der Waals surface area contributed by atoms with Crippen molar-refractivity contribution in [3.05, 3.63) is 71.8 Å². The fourth-order valence-electron chi connectivity index (χ4n) is 2.42. The lowest BCUT2D eigenvalue weighted by molar-refractivity contribution is -0.134. The molecule has 2 aromatic carbocycles. The molecule has 0 saturated heterocycles. The first kappa shape index (κ1) is 17.2. The van der Waals surface area contributed by atoms with E-state index in [1.165, 1.54) is 0 Å². The van der Waals surface area contributed by atoms with E-state index in [4.69, 9.17) is 10.5 Å². The molecule has 2 aromatic rings. The molecule has 4 heteroatoms. The Hall–Kier alpha value is -2.17. The van der Waals surface area contributed by atoms with E-state index >= 15 is 0 Å². The van der Waals surface area contributed by atoms with Crippen LogP contribution in [0.3, 0.4) is 0 Å². The zero-order chi connectivity index (χ0) is 16.5. The van der Waals surface area contributed by atoms with E-state index in [-0.39, 0.29) is 5.91 Å². The molecule has 1 unspecified atom stereocenters. The number of nitrogens with zero attached hydrogens (tertiary/aromatic N) is 1. The summed E-state index contributed by atoms with van der Waals surface area (Å²) in [6.07, 6.45) is 0.523. The Kier molecular flexibility index (Phi) is 6.78. The Morgan fingerprint density at radius 3 is 1.91 bits per heavy atom. The molecule has 0 radical (unpaired) electrons. The molecule has 0 fully saturated rings. The highest BCUT2D eigenvalue weighted by Crippen LogP contribution is 2.12. The molecule has 0 aliphatic carbocycles. The van der Waals surface area contributed by atoms with Gasteiger partial charge >= 0.3 is 0 Å². The van der Waals surface area contributed by atoms with Gasteiger partial charge in [0, 0.05) is 26.8 Å². The van der Waals surface area contributed by atoms with Crippen LogP contribution in [0.15, 0.2) is 60.7 Å². The van der Waals surface area contributed by atoms with Crippen molar-refractivity contribution in [3.63, 3.8) is 0 Å². The molecule has 0 spiro atoms. The van der Waals surface area contributed by atoms with Crippen LogP contribution in [0.1, 0.15) is 17.5 Å². The molecule has 1 atom stereocenters. The topological polar surface area (TPSA) is 55.6 Å². The van der Waals surface area contributed by atoms with Crippen LogP contribution in [-0.4, -0.2) is 30.6 Å². The number of rotatable bonds is 8. The number of carbonyl (C=O) groups excluding carboxylic acids is 1. The summed E-state index contributed by atoms with van der Waals surface area (Å²) in [6, 6.07) is 19.4. The summed E-state index contributed by atoms with van der Waals surface area (Å²) in [7, 11) is 1.61. The van der Waals surface area contributed by atoms with Crippen molar-refractivity contribution >= 4 is 5.91 Å². The second kappa shape index (κ2) is 9.08. The Morgan fingerprint density at radius 2 is 1.48 bits per heavy atom. The van der Waals surface area contributed by atoms with Gasteiger partial charge in [-0.25, -0.2) is 0 Å². The summed E-state index contributed by atoms with van der Waals surface area (Å²) < 4.78 is 5.03. The minimum Gasteiger partial charge on any atom is -0.385 e. The summed E-state index contributed by atoms with van der Waals surface area (Å²) >= 11 is 0. The number of methoxy groups -OCH3 is 1. The number of carbonyl (C=O) groups is 1. The summed E-state index contributed by atoms with van der Waals surface area (Å²) in [4.78, 5) is 14.5. The van der Waals surface area contributed by atoms with Gasteiger partial charge in [-0.2, -0.15) is 0 Å². The van der Waals surface area contributed by atoms with Crippen molar-refractivity contribution in [1.82, 2.24) is 4.90 Å². The van der Waals surface area contributed by atoms with Crippen LogP contribution in [0.5, 0.6) is 0 Å². The van der Waals surface area contributed by atoms with Gasteiger partial charge in [0.05, 0.1) is 6.04 Å². The van der Waals surface area contributed by atoms with Gasteiger partial charge in [0.15, 0.2) is 0 Å². The molecule has 0 aliphatic heterocycles. The van der Waals surface area contributed by atoms with Gasteiger partial charge < -0.3 is 15.4 Å². The van der Waals surface area contributed by atoms with Crippen LogP contribution in [0.2, 0.25) is 0 Å². The highest BCUT2D eigenvalue weighted by Gasteiger charge is 2.21. The van der Waals surface area contributed by atoms with Crippen LogP contribution in [0.25, 0.3) is 0 Å². The maximum atomic E-state index is 12.7. The van der Waals surface area contributed by atoms with Crippen molar-refractivity contribution in [2.75, 3.05) is 13.7 Å². The summed E-state index contributed by atoms with van der Waals surface area (Å²) in [5.41, 5.74) is 8.23. The number of nitrogens with two attached hydrogens (primary N) is 1. The van der Waals surface area contributed by atoms with Gasteiger partial charge in [0.1, 0.15) is 0 Å². The predicted molar refractivity (Wildman–Crippen MR) is 91.6 cm³/mol. The molecule has 122 valence electrons.